The first-order chi connectivity index (χ1) is 15.0. The van der Waals surface area contributed by atoms with Crippen LogP contribution in [0.2, 0.25) is 0 Å². The van der Waals surface area contributed by atoms with Crippen molar-refractivity contribution in [3.05, 3.63) is 47.4 Å². The lowest BCUT2D eigenvalue weighted by atomic mass is 10.1. The average Bonchev–Trinajstić information content (AvgIpc) is 3.13. The number of nitrogens with one attached hydrogen (secondary N) is 1. The Morgan fingerprint density at radius 3 is 2.50 bits per heavy atom. The number of carboxylic acid groups (broad SMARTS) is 1. The Morgan fingerprint density at radius 1 is 1.22 bits per heavy atom. The van der Waals surface area contributed by atoms with Gasteiger partial charge in [-0.1, -0.05) is 0 Å². The van der Waals surface area contributed by atoms with E-state index in [4.69, 9.17) is 10.8 Å². The van der Waals surface area contributed by atoms with Crippen LogP contribution in [0.5, 0.6) is 0 Å². The summed E-state index contributed by atoms with van der Waals surface area (Å²) >= 11 is 0. The number of primary amides is 1. The van der Waals surface area contributed by atoms with E-state index in [-0.39, 0.29) is 35.3 Å². The van der Waals surface area contributed by atoms with Crippen molar-refractivity contribution in [2.24, 2.45) is 5.73 Å². The monoisotopic (exact) mass is 455 g/mol. The zero-order valence-electron chi connectivity index (χ0n) is 16.3. The fourth-order valence-corrected chi connectivity index (χ4v) is 3.28. The van der Waals surface area contributed by atoms with E-state index in [0.717, 1.165) is 24.5 Å². The van der Waals surface area contributed by atoms with Gasteiger partial charge in [-0.2, -0.15) is 13.2 Å². The van der Waals surface area contributed by atoms with Gasteiger partial charge in [-0.3, -0.25) is 24.5 Å². The molecular weight excluding hydrogens is 438 g/mol. The molecule has 32 heavy (non-hydrogen) atoms. The van der Waals surface area contributed by atoms with Gasteiger partial charge in [-0.25, -0.2) is 9.18 Å². The third-order valence-corrected chi connectivity index (χ3v) is 4.86. The molecule has 2 aromatic rings. The van der Waals surface area contributed by atoms with Crippen molar-refractivity contribution in [2.45, 2.75) is 31.4 Å². The van der Waals surface area contributed by atoms with Crippen molar-refractivity contribution < 1.29 is 37.1 Å². The van der Waals surface area contributed by atoms with Crippen LogP contribution in [-0.2, 0) is 17.5 Å². The van der Waals surface area contributed by atoms with Crippen molar-refractivity contribution in [2.75, 3.05) is 6.54 Å². The van der Waals surface area contributed by atoms with Gasteiger partial charge in [-0.05, 0) is 23.8 Å². The van der Waals surface area contributed by atoms with Gasteiger partial charge in [0.15, 0.2) is 0 Å². The van der Waals surface area contributed by atoms with Crippen molar-refractivity contribution in [1.82, 2.24) is 20.2 Å². The first-order valence-electron chi connectivity index (χ1n) is 9.21. The fourth-order valence-electron chi connectivity index (χ4n) is 3.28. The summed E-state index contributed by atoms with van der Waals surface area (Å²) in [4.78, 5) is 43.4. The Balaban J connectivity index is 1.82. The molecule has 4 N–H and O–H groups in total. The summed E-state index contributed by atoms with van der Waals surface area (Å²) < 4.78 is 51.7. The van der Waals surface area contributed by atoms with E-state index in [1.807, 2.05) is 0 Å². The van der Waals surface area contributed by atoms with Crippen LogP contribution in [0, 0.1) is 0 Å². The summed E-state index contributed by atoms with van der Waals surface area (Å²) in [7, 11) is 0. The summed E-state index contributed by atoms with van der Waals surface area (Å²) in [5.74, 6) is -1.63. The molecule has 0 bridgehead atoms. The molecule has 0 saturated carbocycles. The van der Waals surface area contributed by atoms with E-state index in [9.17, 15) is 31.9 Å². The predicted octanol–water partition coefficient (Wildman–Crippen LogP) is 1.97. The molecule has 2 aromatic heterocycles. The number of carbonyl (C=O) groups is 3. The Bertz CT molecular complexity index is 1050. The van der Waals surface area contributed by atoms with Crippen LogP contribution >= 0.6 is 0 Å². The normalized spacial score (nSPS) is 18.4. The van der Waals surface area contributed by atoms with Crippen LogP contribution in [0.4, 0.5) is 22.4 Å². The molecule has 3 amide bonds. The molecule has 0 unspecified atom stereocenters. The molecule has 0 aromatic carbocycles. The number of hydrogen-bond donors (Lipinski definition) is 3. The standard InChI is InChI=1S/C19H17F4N5O4/c20-11-4-14(28(8-11)18(31)32)17(30)27-6-10-3-13(25-7-12(10)16(24)29)9-1-2-15(26-5-9)19(21,22)23/h1-3,5,7,11,14H,4,6,8H2,(H2,24,29)(H,27,30)(H,31,32)/t11-,14+/m1/s1. The number of aromatic nitrogens is 2. The minimum absolute atomic E-state index is 0.0567. The van der Waals surface area contributed by atoms with E-state index in [2.05, 4.69) is 15.3 Å². The molecule has 1 saturated heterocycles. The highest BCUT2D eigenvalue weighted by Gasteiger charge is 2.39. The second-order valence-corrected chi connectivity index (χ2v) is 7.02. The van der Waals surface area contributed by atoms with Crippen molar-refractivity contribution in [3.63, 3.8) is 0 Å². The minimum Gasteiger partial charge on any atom is -0.465 e. The van der Waals surface area contributed by atoms with Crippen LogP contribution in [0.3, 0.4) is 0 Å². The van der Waals surface area contributed by atoms with Gasteiger partial charge < -0.3 is 16.2 Å². The van der Waals surface area contributed by atoms with Crippen molar-refractivity contribution in [3.8, 4) is 11.3 Å². The number of amides is 3. The molecule has 0 spiro atoms. The van der Waals surface area contributed by atoms with E-state index in [1.165, 1.54) is 6.07 Å². The minimum atomic E-state index is -4.61. The highest BCUT2D eigenvalue weighted by Crippen LogP contribution is 2.29. The summed E-state index contributed by atoms with van der Waals surface area (Å²) in [6, 6.07) is 2.02. The highest BCUT2D eigenvalue weighted by molar-refractivity contribution is 5.94. The lowest BCUT2D eigenvalue weighted by Gasteiger charge is -2.20. The van der Waals surface area contributed by atoms with Crippen molar-refractivity contribution >= 4 is 17.9 Å². The maximum absolute atomic E-state index is 13.6. The topological polar surface area (TPSA) is 139 Å². The van der Waals surface area contributed by atoms with Gasteiger partial charge in [-0.15, -0.1) is 0 Å². The van der Waals surface area contributed by atoms with Crippen LogP contribution in [0.15, 0.2) is 30.6 Å². The number of hydrogen-bond acceptors (Lipinski definition) is 5. The molecule has 3 heterocycles. The molecule has 2 atom stereocenters. The van der Waals surface area contributed by atoms with Crippen LogP contribution in [-0.4, -0.2) is 56.6 Å². The molecule has 0 aliphatic carbocycles. The number of rotatable bonds is 5. The van der Waals surface area contributed by atoms with E-state index in [0.29, 0.717) is 4.90 Å². The first-order valence-corrected chi connectivity index (χ1v) is 9.21. The highest BCUT2D eigenvalue weighted by atomic mass is 19.4. The average molecular weight is 455 g/mol. The Labute approximate surface area is 178 Å². The third-order valence-electron chi connectivity index (χ3n) is 4.86. The van der Waals surface area contributed by atoms with E-state index >= 15 is 0 Å². The third kappa shape index (κ3) is 4.92. The Kier molecular flexibility index (Phi) is 6.27. The first kappa shape index (κ1) is 22.9. The molecule has 9 nitrogen and oxygen atoms in total. The molecule has 1 aliphatic rings. The maximum atomic E-state index is 13.6. The van der Waals surface area contributed by atoms with Gasteiger partial charge in [0, 0.05) is 30.9 Å². The SMILES string of the molecule is NC(=O)c1cnc(-c2ccc(C(F)(F)F)nc2)cc1CNC(=O)[C@@H]1C[C@@H](F)CN1C(=O)O. The Hall–Kier alpha value is -3.77. The molecule has 0 radical (unpaired) electrons. The summed E-state index contributed by atoms with van der Waals surface area (Å²) in [6.07, 6.45) is -5.78. The van der Waals surface area contributed by atoms with E-state index in [1.54, 1.807) is 0 Å². The van der Waals surface area contributed by atoms with Crippen LogP contribution in [0.25, 0.3) is 11.3 Å². The number of pyridine rings is 2. The molecular formula is C19H17F4N5O4. The number of nitrogens with zero attached hydrogens (tertiary/aromatic N) is 3. The zero-order valence-corrected chi connectivity index (χ0v) is 16.3. The van der Waals surface area contributed by atoms with Gasteiger partial charge >= 0.3 is 12.3 Å². The number of nitrogens with two attached hydrogens (primary N) is 1. The second-order valence-electron chi connectivity index (χ2n) is 7.02. The quantitative estimate of drug-likeness (QED) is 0.590. The van der Waals surface area contributed by atoms with E-state index < -0.39 is 48.5 Å². The molecule has 170 valence electrons. The maximum Gasteiger partial charge on any atom is 0.433 e. The van der Waals surface area contributed by atoms with Gasteiger partial charge in [0.1, 0.15) is 17.9 Å². The smallest absolute Gasteiger partial charge is 0.433 e. The van der Waals surface area contributed by atoms with Gasteiger partial charge in [0.05, 0.1) is 17.8 Å². The Morgan fingerprint density at radius 2 is 1.94 bits per heavy atom. The van der Waals surface area contributed by atoms with Crippen LogP contribution < -0.4 is 11.1 Å². The number of alkyl halides is 4. The van der Waals surface area contributed by atoms with Crippen molar-refractivity contribution in [1.29, 1.82) is 0 Å². The lowest BCUT2D eigenvalue weighted by Crippen LogP contribution is -2.45. The fraction of sp³-hybridized carbons (Fsp3) is 0.316. The molecule has 1 aliphatic heterocycles. The molecule has 13 heteroatoms. The summed E-state index contributed by atoms with van der Waals surface area (Å²) in [5, 5.41) is 11.6. The molecule has 1 fully saturated rings. The molecule has 3 rings (SSSR count). The second kappa shape index (κ2) is 8.77. The van der Waals surface area contributed by atoms with Gasteiger partial charge in [0.2, 0.25) is 5.91 Å². The van der Waals surface area contributed by atoms with Crippen LogP contribution in [0.1, 0.15) is 28.0 Å². The lowest BCUT2D eigenvalue weighted by molar-refractivity contribution is -0.141. The predicted molar refractivity (Wildman–Crippen MR) is 101 cm³/mol. The largest absolute Gasteiger partial charge is 0.465 e. The summed E-state index contributed by atoms with van der Waals surface area (Å²) in [5.41, 5.74) is 4.74. The van der Waals surface area contributed by atoms with Gasteiger partial charge in [0.25, 0.3) is 5.91 Å². The summed E-state index contributed by atoms with van der Waals surface area (Å²) in [6.45, 7) is -0.706. The number of carbonyl (C=O) groups excluding carboxylic acids is 2. The number of halogens is 4. The number of likely N-dealkylation sites (tertiary alicyclic amines) is 1. The zero-order chi connectivity index (χ0) is 23.6.